The first-order valence-corrected chi connectivity index (χ1v) is 4.67. The molecule has 0 saturated carbocycles. The number of benzene rings is 1. The zero-order valence-corrected chi connectivity index (χ0v) is 8.39. The van der Waals surface area contributed by atoms with Gasteiger partial charge in [0.25, 0.3) is 0 Å². The van der Waals surface area contributed by atoms with Crippen LogP contribution in [0.3, 0.4) is 0 Å². The van der Waals surface area contributed by atoms with Gasteiger partial charge >= 0.3 is 0 Å². The van der Waals surface area contributed by atoms with Crippen molar-refractivity contribution in [1.29, 1.82) is 0 Å². The Morgan fingerprint density at radius 3 is 2.71 bits per heavy atom. The second-order valence-corrected chi connectivity index (χ2v) is 3.17. The number of alkyl halides is 1. The second-order valence-electron chi connectivity index (χ2n) is 3.17. The molecule has 0 bridgehead atoms. The van der Waals surface area contributed by atoms with Crippen LogP contribution in [0.1, 0.15) is 25.3 Å². The highest BCUT2D eigenvalue weighted by molar-refractivity contribution is 5.32. The summed E-state index contributed by atoms with van der Waals surface area (Å²) in [6.45, 7) is 3.46. The minimum absolute atomic E-state index is 0.374. The van der Waals surface area contributed by atoms with E-state index in [0.29, 0.717) is 17.9 Å². The van der Waals surface area contributed by atoms with Crippen LogP contribution in [0, 0.1) is 5.82 Å². The predicted octanol–water partition coefficient (Wildman–Crippen LogP) is 3.30. The second kappa shape index (κ2) is 4.94. The maximum absolute atomic E-state index is 13.2. The summed E-state index contributed by atoms with van der Waals surface area (Å²) in [7, 11) is 0. The first-order valence-electron chi connectivity index (χ1n) is 4.67. The molecular weight excluding hydrogens is 186 g/mol. The van der Waals surface area contributed by atoms with Crippen molar-refractivity contribution in [2.75, 3.05) is 13.3 Å². The molecule has 1 atom stereocenters. The van der Waals surface area contributed by atoms with E-state index in [0.717, 1.165) is 0 Å². The van der Waals surface area contributed by atoms with Crippen LogP contribution in [-0.4, -0.2) is 13.3 Å². The Bertz CT molecular complexity index is 299. The fourth-order valence-corrected chi connectivity index (χ4v) is 1.24. The third kappa shape index (κ3) is 2.44. The smallest absolute Gasteiger partial charge is 0.127 e. The molecule has 1 aromatic carbocycles. The molecule has 0 amide bonds. The van der Waals surface area contributed by atoms with Crippen LogP contribution in [0.4, 0.5) is 8.78 Å². The van der Waals surface area contributed by atoms with Crippen LogP contribution in [0.15, 0.2) is 18.2 Å². The van der Waals surface area contributed by atoms with Crippen molar-refractivity contribution >= 4 is 0 Å². The van der Waals surface area contributed by atoms with Crippen molar-refractivity contribution in [3.8, 4) is 5.75 Å². The molecule has 0 spiro atoms. The van der Waals surface area contributed by atoms with E-state index in [1.165, 1.54) is 6.07 Å². The van der Waals surface area contributed by atoms with Gasteiger partial charge in [-0.2, -0.15) is 0 Å². The van der Waals surface area contributed by atoms with Crippen LogP contribution < -0.4 is 4.74 Å². The topological polar surface area (TPSA) is 9.23 Å². The van der Waals surface area contributed by atoms with Crippen LogP contribution in [0.5, 0.6) is 5.75 Å². The molecule has 0 aliphatic carbocycles. The highest BCUT2D eigenvalue weighted by Crippen LogP contribution is 2.24. The standard InChI is InChI=1S/C11H14F2O/c1-3-14-9-4-5-11(13)10(6-9)8(2)7-12/h4-6,8H,3,7H2,1-2H3. The molecule has 0 aromatic heterocycles. The maximum atomic E-state index is 13.2. The molecule has 0 N–H and O–H groups in total. The summed E-state index contributed by atoms with van der Waals surface area (Å²) in [6, 6.07) is 4.42. The fraction of sp³-hybridized carbons (Fsp3) is 0.455. The molecule has 78 valence electrons. The highest BCUT2D eigenvalue weighted by atomic mass is 19.1. The van der Waals surface area contributed by atoms with E-state index in [1.807, 2.05) is 6.92 Å². The monoisotopic (exact) mass is 200 g/mol. The average Bonchev–Trinajstić information content (AvgIpc) is 2.20. The predicted molar refractivity (Wildman–Crippen MR) is 52.0 cm³/mol. The zero-order chi connectivity index (χ0) is 10.6. The molecule has 1 aromatic rings. The molecule has 1 unspecified atom stereocenters. The molecule has 1 nitrogen and oxygen atoms in total. The van der Waals surface area contributed by atoms with Gasteiger partial charge in [0.15, 0.2) is 0 Å². The summed E-state index contributed by atoms with van der Waals surface area (Å²) >= 11 is 0. The summed E-state index contributed by atoms with van der Waals surface area (Å²) in [5.74, 6) is -0.210. The highest BCUT2D eigenvalue weighted by Gasteiger charge is 2.11. The Morgan fingerprint density at radius 1 is 1.43 bits per heavy atom. The van der Waals surface area contributed by atoms with E-state index in [4.69, 9.17) is 4.74 Å². The quantitative estimate of drug-likeness (QED) is 0.724. The van der Waals surface area contributed by atoms with E-state index >= 15 is 0 Å². The van der Waals surface area contributed by atoms with Gasteiger partial charge in [0.05, 0.1) is 13.3 Å². The molecule has 0 saturated heterocycles. The summed E-state index contributed by atoms with van der Waals surface area (Å²) in [4.78, 5) is 0. The van der Waals surface area contributed by atoms with Crippen molar-refractivity contribution in [3.05, 3.63) is 29.6 Å². The van der Waals surface area contributed by atoms with Gasteiger partial charge in [0, 0.05) is 5.92 Å². The number of rotatable bonds is 4. The molecule has 0 radical (unpaired) electrons. The first-order chi connectivity index (χ1) is 6.69. The van der Waals surface area contributed by atoms with Crippen LogP contribution in [-0.2, 0) is 0 Å². The molecule has 3 heteroatoms. The largest absolute Gasteiger partial charge is 0.494 e. The van der Waals surface area contributed by atoms with Crippen molar-refractivity contribution in [3.63, 3.8) is 0 Å². The van der Waals surface area contributed by atoms with Crippen LogP contribution >= 0.6 is 0 Å². The van der Waals surface area contributed by atoms with E-state index in [-0.39, 0.29) is 5.82 Å². The lowest BCUT2D eigenvalue weighted by molar-refractivity contribution is 0.338. The van der Waals surface area contributed by atoms with E-state index in [9.17, 15) is 8.78 Å². The minimum atomic E-state index is -0.563. The number of halogens is 2. The van der Waals surface area contributed by atoms with E-state index in [1.54, 1.807) is 19.1 Å². The molecule has 0 aliphatic rings. The van der Waals surface area contributed by atoms with Gasteiger partial charge in [-0.3, -0.25) is 4.39 Å². The lowest BCUT2D eigenvalue weighted by atomic mass is 10.0. The molecule has 14 heavy (non-hydrogen) atoms. The Kier molecular flexibility index (Phi) is 3.86. The molecule has 0 aliphatic heterocycles. The average molecular weight is 200 g/mol. The van der Waals surface area contributed by atoms with Crippen LogP contribution in [0.2, 0.25) is 0 Å². The van der Waals surface area contributed by atoms with Crippen molar-refractivity contribution in [2.24, 2.45) is 0 Å². The minimum Gasteiger partial charge on any atom is -0.494 e. The number of hydrogen-bond acceptors (Lipinski definition) is 1. The van der Waals surface area contributed by atoms with Gasteiger partial charge in [-0.15, -0.1) is 0 Å². The van der Waals surface area contributed by atoms with Gasteiger partial charge in [0.1, 0.15) is 11.6 Å². The lowest BCUT2D eigenvalue weighted by Crippen LogP contribution is -2.01. The van der Waals surface area contributed by atoms with Gasteiger partial charge in [-0.25, -0.2) is 4.39 Å². The van der Waals surface area contributed by atoms with Gasteiger partial charge < -0.3 is 4.74 Å². The van der Waals surface area contributed by atoms with E-state index in [2.05, 4.69) is 0 Å². The first kappa shape index (κ1) is 11.0. The van der Waals surface area contributed by atoms with Gasteiger partial charge in [-0.05, 0) is 30.7 Å². The third-order valence-electron chi connectivity index (χ3n) is 2.04. The number of ether oxygens (including phenoxy) is 1. The molecule has 1 rings (SSSR count). The Balaban J connectivity index is 2.95. The van der Waals surface area contributed by atoms with Crippen molar-refractivity contribution in [1.82, 2.24) is 0 Å². The maximum Gasteiger partial charge on any atom is 0.127 e. The van der Waals surface area contributed by atoms with Gasteiger partial charge in [-0.1, -0.05) is 6.92 Å². The third-order valence-corrected chi connectivity index (χ3v) is 2.04. The Morgan fingerprint density at radius 2 is 2.14 bits per heavy atom. The van der Waals surface area contributed by atoms with Crippen molar-refractivity contribution < 1.29 is 13.5 Å². The summed E-state index contributed by atoms with van der Waals surface area (Å²) < 4.78 is 30.8. The van der Waals surface area contributed by atoms with E-state index < -0.39 is 12.6 Å². The van der Waals surface area contributed by atoms with Gasteiger partial charge in [0.2, 0.25) is 0 Å². The summed E-state index contributed by atoms with van der Waals surface area (Å²) in [5, 5.41) is 0. The Labute approximate surface area is 82.7 Å². The summed E-state index contributed by atoms with van der Waals surface area (Å²) in [6.07, 6.45) is 0. The SMILES string of the molecule is CCOc1ccc(F)c(C(C)CF)c1. The lowest BCUT2D eigenvalue weighted by Gasteiger charge is -2.10. The number of hydrogen-bond donors (Lipinski definition) is 0. The van der Waals surface area contributed by atoms with Crippen LogP contribution in [0.25, 0.3) is 0 Å². The normalized spacial score (nSPS) is 12.6. The molecule has 0 heterocycles. The van der Waals surface area contributed by atoms with Crippen molar-refractivity contribution in [2.45, 2.75) is 19.8 Å². The fourth-order valence-electron chi connectivity index (χ4n) is 1.24. The molecular formula is C11H14F2O. The Hall–Kier alpha value is -1.12. The summed E-state index contributed by atoms with van der Waals surface area (Å²) in [5.41, 5.74) is 0.374. The molecule has 0 fully saturated rings. The zero-order valence-electron chi connectivity index (χ0n) is 8.39.